The van der Waals surface area contributed by atoms with Crippen molar-refractivity contribution in [2.45, 2.75) is 13.0 Å². The van der Waals surface area contributed by atoms with Crippen LogP contribution < -0.4 is 5.32 Å². The van der Waals surface area contributed by atoms with Crippen LogP contribution in [0.25, 0.3) is 0 Å². The Morgan fingerprint density at radius 2 is 2.47 bits per heavy atom. The highest BCUT2D eigenvalue weighted by atomic mass is 32.1. The van der Waals surface area contributed by atoms with E-state index in [4.69, 9.17) is 4.74 Å². The second-order valence-corrected chi connectivity index (χ2v) is 5.01. The average molecular weight is 254 g/mol. The van der Waals surface area contributed by atoms with Gasteiger partial charge in [0.25, 0.3) is 5.91 Å². The zero-order valence-electron chi connectivity index (χ0n) is 10.2. The molecule has 0 saturated carbocycles. The molecule has 0 aromatic carbocycles. The highest BCUT2D eigenvalue weighted by Gasteiger charge is 2.25. The van der Waals surface area contributed by atoms with Crippen LogP contribution in [0.3, 0.4) is 0 Å². The number of carbonyl (C=O) groups excluding carboxylic acids is 1. The minimum atomic E-state index is 0.108. The number of rotatable bonds is 3. The highest BCUT2D eigenvalue weighted by Crippen LogP contribution is 2.17. The normalized spacial score (nSPS) is 20.6. The molecule has 0 spiro atoms. The topological polar surface area (TPSA) is 41.6 Å². The minimum absolute atomic E-state index is 0.108. The number of likely N-dealkylation sites (N-methyl/N-ethyl adjacent to an activating group) is 1. The lowest BCUT2D eigenvalue weighted by molar-refractivity contribution is -0.0196. The summed E-state index contributed by atoms with van der Waals surface area (Å²) in [4.78, 5) is 14.2. The fourth-order valence-electron chi connectivity index (χ4n) is 2.00. The fraction of sp³-hybridized carbons (Fsp3) is 0.583. The molecule has 1 amide bonds. The summed E-state index contributed by atoms with van der Waals surface area (Å²) in [7, 11) is 1.90. The van der Waals surface area contributed by atoms with Crippen LogP contribution in [0.15, 0.2) is 10.8 Å². The molecule has 2 rings (SSSR count). The fourth-order valence-corrected chi connectivity index (χ4v) is 2.83. The van der Waals surface area contributed by atoms with Gasteiger partial charge in [-0.15, -0.1) is 0 Å². The summed E-state index contributed by atoms with van der Waals surface area (Å²) in [6, 6.07) is 0. The van der Waals surface area contributed by atoms with Crippen molar-refractivity contribution in [3.8, 4) is 0 Å². The first-order chi connectivity index (χ1) is 8.22. The average Bonchev–Trinajstić information content (AvgIpc) is 2.75. The molecule has 1 atom stereocenters. The molecule has 1 saturated heterocycles. The van der Waals surface area contributed by atoms with Crippen LogP contribution in [0, 0.1) is 6.92 Å². The number of thiophene rings is 1. The van der Waals surface area contributed by atoms with E-state index in [9.17, 15) is 4.79 Å². The quantitative estimate of drug-likeness (QED) is 0.879. The van der Waals surface area contributed by atoms with Crippen molar-refractivity contribution in [1.29, 1.82) is 0 Å². The number of ether oxygens (including phenoxy) is 1. The third kappa shape index (κ3) is 2.86. The molecule has 94 valence electrons. The van der Waals surface area contributed by atoms with Crippen LogP contribution in [-0.4, -0.2) is 50.2 Å². The largest absolute Gasteiger partial charge is 0.373 e. The molecule has 1 aromatic rings. The van der Waals surface area contributed by atoms with Crippen molar-refractivity contribution in [3.63, 3.8) is 0 Å². The monoisotopic (exact) mass is 254 g/mol. The second kappa shape index (κ2) is 5.62. The highest BCUT2D eigenvalue weighted by molar-refractivity contribution is 7.08. The second-order valence-electron chi connectivity index (χ2n) is 4.27. The maximum Gasteiger partial charge on any atom is 0.255 e. The van der Waals surface area contributed by atoms with Gasteiger partial charge in [-0.1, -0.05) is 0 Å². The van der Waals surface area contributed by atoms with E-state index in [0.29, 0.717) is 19.7 Å². The summed E-state index contributed by atoms with van der Waals surface area (Å²) in [5.74, 6) is 0.133. The standard InChI is InChI=1S/C12H18N2O2S/c1-9-7-17-8-11(9)12(15)14-3-4-16-10(6-14)5-13-2/h7-8,10,13H,3-6H2,1-2H3. The molecular weight excluding hydrogens is 236 g/mol. The number of carbonyl (C=O) groups is 1. The molecule has 4 nitrogen and oxygen atoms in total. The molecule has 0 radical (unpaired) electrons. The Hall–Kier alpha value is -0.910. The minimum Gasteiger partial charge on any atom is -0.373 e. The Labute approximate surface area is 106 Å². The Balaban J connectivity index is 2.02. The van der Waals surface area contributed by atoms with Gasteiger partial charge in [0.05, 0.1) is 18.3 Å². The van der Waals surface area contributed by atoms with Crippen LogP contribution in [0.4, 0.5) is 0 Å². The zero-order valence-corrected chi connectivity index (χ0v) is 11.0. The molecule has 2 heterocycles. The molecule has 1 aliphatic rings. The van der Waals surface area contributed by atoms with E-state index >= 15 is 0 Å². The predicted molar refractivity (Wildman–Crippen MR) is 68.6 cm³/mol. The number of nitrogens with one attached hydrogen (secondary N) is 1. The maximum atomic E-state index is 12.3. The molecular formula is C12H18N2O2S. The molecule has 5 heteroatoms. The smallest absolute Gasteiger partial charge is 0.255 e. The Morgan fingerprint density at radius 3 is 3.12 bits per heavy atom. The van der Waals surface area contributed by atoms with Crippen LogP contribution in [0.2, 0.25) is 0 Å². The van der Waals surface area contributed by atoms with E-state index in [0.717, 1.165) is 17.7 Å². The molecule has 17 heavy (non-hydrogen) atoms. The lowest BCUT2D eigenvalue weighted by Gasteiger charge is -2.33. The summed E-state index contributed by atoms with van der Waals surface area (Å²) in [6.07, 6.45) is 0.108. The number of hydrogen-bond donors (Lipinski definition) is 1. The molecule has 1 N–H and O–H groups in total. The van der Waals surface area contributed by atoms with Crippen LogP contribution in [0.1, 0.15) is 15.9 Å². The molecule has 1 fully saturated rings. The summed E-state index contributed by atoms with van der Waals surface area (Å²) in [6.45, 7) is 4.76. The predicted octanol–water partition coefficient (Wildman–Crippen LogP) is 1.12. The van der Waals surface area contributed by atoms with Gasteiger partial charge in [-0.25, -0.2) is 0 Å². The lowest BCUT2D eigenvalue weighted by atomic mass is 10.1. The van der Waals surface area contributed by atoms with Crippen LogP contribution in [0.5, 0.6) is 0 Å². The first-order valence-electron chi connectivity index (χ1n) is 5.80. The van der Waals surface area contributed by atoms with E-state index in [-0.39, 0.29) is 12.0 Å². The molecule has 0 bridgehead atoms. The van der Waals surface area contributed by atoms with Gasteiger partial charge in [0, 0.05) is 25.0 Å². The van der Waals surface area contributed by atoms with E-state index < -0.39 is 0 Å². The summed E-state index contributed by atoms with van der Waals surface area (Å²) >= 11 is 1.58. The summed E-state index contributed by atoms with van der Waals surface area (Å²) in [5.41, 5.74) is 1.90. The molecule has 1 aliphatic heterocycles. The first-order valence-corrected chi connectivity index (χ1v) is 6.75. The van der Waals surface area contributed by atoms with Gasteiger partial charge in [0.1, 0.15) is 0 Å². The van der Waals surface area contributed by atoms with Gasteiger partial charge in [-0.05, 0) is 24.9 Å². The Morgan fingerprint density at radius 1 is 1.65 bits per heavy atom. The van der Waals surface area contributed by atoms with Crippen molar-refractivity contribution >= 4 is 17.2 Å². The SMILES string of the molecule is CNCC1CN(C(=O)c2cscc2C)CCO1. The summed E-state index contributed by atoms with van der Waals surface area (Å²) < 4.78 is 5.59. The van der Waals surface area contributed by atoms with Crippen molar-refractivity contribution in [2.24, 2.45) is 0 Å². The van der Waals surface area contributed by atoms with Gasteiger partial charge < -0.3 is 15.0 Å². The number of nitrogens with zero attached hydrogens (tertiary/aromatic N) is 1. The van der Waals surface area contributed by atoms with Crippen molar-refractivity contribution in [2.75, 3.05) is 33.3 Å². The third-order valence-corrected chi connectivity index (χ3v) is 3.81. The third-order valence-electron chi connectivity index (χ3n) is 2.94. The van der Waals surface area contributed by atoms with E-state index in [1.807, 2.05) is 29.6 Å². The lowest BCUT2D eigenvalue weighted by Crippen LogP contribution is -2.48. The van der Waals surface area contributed by atoms with Crippen LogP contribution >= 0.6 is 11.3 Å². The van der Waals surface area contributed by atoms with E-state index in [1.165, 1.54) is 0 Å². The van der Waals surface area contributed by atoms with Crippen LogP contribution in [-0.2, 0) is 4.74 Å². The zero-order chi connectivity index (χ0) is 12.3. The Kier molecular flexibility index (Phi) is 4.15. The van der Waals surface area contributed by atoms with Gasteiger partial charge in [-0.2, -0.15) is 11.3 Å². The van der Waals surface area contributed by atoms with Gasteiger partial charge in [0.2, 0.25) is 0 Å². The van der Waals surface area contributed by atoms with Gasteiger partial charge >= 0.3 is 0 Å². The number of aryl methyl sites for hydroxylation is 1. The molecule has 1 unspecified atom stereocenters. The molecule has 0 aliphatic carbocycles. The maximum absolute atomic E-state index is 12.3. The van der Waals surface area contributed by atoms with Gasteiger partial charge in [-0.3, -0.25) is 4.79 Å². The van der Waals surface area contributed by atoms with E-state index in [1.54, 1.807) is 11.3 Å². The van der Waals surface area contributed by atoms with E-state index in [2.05, 4.69) is 5.32 Å². The van der Waals surface area contributed by atoms with Crippen molar-refractivity contribution < 1.29 is 9.53 Å². The summed E-state index contributed by atoms with van der Waals surface area (Å²) in [5, 5.41) is 7.03. The van der Waals surface area contributed by atoms with Crippen molar-refractivity contribution in [1.82, 2.24) is 10.2 Å². The first kappa shape index (κ1) is 12.5. The Bertz CT molecular complexity index is 390. The van der Waals surface area contributed by atoms with Crippen molar-refractivity contribution in [3.05, 3.63) is 21.9 Å². The molecule has 1 aromatic heterocycles. The van der Waals surface area contributed by atoms with Gasteiger partial charge in [0.15, 0.2) is 0 Å². The number of morpholine rings is 1. The number of amides is 1. The number of hydrogen-bond acceptors (Lipinski definition) is 4.